The van der Waals surface area contributed by atoms with Crippen molar-refractivity contribution < 1.29 is 13.6 Å². The Morgan fingerprint density at radius 3 is 2.59 bits per heavy atom. The highest BCUT2D eigenvalue weighted by Gasteiger charge is 2.21. The lowest BCUT2D eigenvalue weighted by Gasteiger charge is -2.35. The number of halogens is 2. The van der Waals surface area contributed by atoms with Crippen molar-refractivity contribution in [1.82, 2.24) is 15.1 Å². The Morgan fingerprint density at radius 2 is 1.82 bits per heavy atom. The molecule has 1 aliphatic heterocycles. The maximum atomic E-state index is 14.2. The number of nitrogens with two attached hydrogens (primary N) is 1. The summed E-state index contributed by atoms with van der Waals surface area (Å²) in [5.74, 6) is -1.42. The van der Waals surface area contributed by atoms with Gasteiger partial charge in [-0.15, -0.1) is 0 Å². The number of amides is 1. The van der Waals surface area contributed by atoms with E-state index in [1.807, 2.05) is 24.3 Å². The summed E-state index contributed by atoms with van der Waals surface area (Å²) in [6.45, 7) is 3.57. The topological polar surface area (TPSA) is 78.2 Å². The molecule has 8 heteroatoms. The molecule has 1 aromatic heterocycles. The van der Waals surface area contributed by atoms with E-state index in [0.717, 1.165) is 66.0 Å². The van der Waals surface area contributed by atoms with Gasteiger partial charge in [-0.1, -0.05) is 6.07 Å². The number of H-pyrrole nitrogens is 1. The van der Waals surface area contributed by atoms with E-state index in [4.69, 9.17) is 5.73 Å². The fraction of sp³-hybridized carbons (Fsp3) is 0.231. The summed E-state index contributed by atoms with van der Waals surface area (Å²) < 4.78 is 27.9. The predicted octanol–water partition coefficient (Wildman–Crippen LogP) is 3.95. The molecule has 0 radical (unpaired) electrons. The fourth-order valence-corrected chi connectivity index (χ4v) is 4.48. The molecule has 3 N–H and O–H groups in total. The van der Waals surface area contributed by atoms with Crippen molar-refractivity contribution in [2.45, 2.75) is 6.42 Å². The fourth-order valence-electron chi connectivity index (χ4n) is 4.48. The molecule has 1 aliphatic rings. The normalized spacial score (nSPS) is 14.6. The zero-order valence-electron chi connectivity index (χ0n) is 18.8. The number of aromatic nitrogens is 2. The molecule has 0 atom stereocenters. The van der Waals surface area contributed by atoms with Gasteiger partial charge in [-0.25, -0.2) is 8.78 Å². The van der Waals surface area contributed by atoms with E-state index in [2.05, 4.69) is 27.0 Å². The first-order chi connectivity index (χ1) is 16.4. The van der Waals surface area contributed by atoms with Crippen molar-refractivity contribution >= 4 is 22.5 Å². The number of piperazine rings is 1. The molecule has 3 aromatic carbocycles. The lowest BCUT2D eigenvalue weighted by Crippen LogP contribution is -2.44. The Hall–Kier alpha value is -3.78. The summed E-state index contributed by atoms with van der Waals surface area (Å²) in [5, 5.41) is 8.46. The number of nitrogens with zero attached hydrogens (tertiary/aromatic N) is 3. The highest BCUT2D eigenvalue weighted by molar-refractivity contribution is 6.00. The van der Waals surface area contributed by atoms with Gasteiger partial charge in [0.15, 0.2) is 0 Å². The monoisotopic (exact) mass is 461 g/mol. The lowest BCUT2D eigenvalue weighted by atomic mass is 9.98. The van der Waals surface area contributed by atoms with Crippen LogP contribution >= 0.6 is 0 Å². The molecule has 1 fully saturated rings. The molecule has 4 aromatic rings. The average molecular weight is 462 g/mol. The smallest absolute Gasteiger partial charge is 0.248 e. The minimum Gasteiger partial charge on any atom is -0.368 e. The van der Waals surface area contributed by atoms with Gasteiger partial charge < -0.3 is 15.5 Å². The second-order valence-corrected chi connectivity index (χ2v) is 8.75. The van der Waals surface area contributed by atoms with Gasteiger partial charge >= 0.3 is 0 Å². The van der Waals surface area contributed by atoms with Crippen LogP contribution in [-0.2, 0) is 6.42 Å². The molecule has 0 bridgehead atoms. The molecule has 2 heterocycles. The highest BCUT2D eigenvalue weighted by atomic mass is 19.1. The van der Waals surface area contributed by atoms with Gasteiger partial charge in [-0.3, -0.25) is 9.89 Å². The maximum absolute atomic E-state index is 14.2. The lowest BCUT2D eigenvalue weighted by molar-refractivity contribution is 0.100. The van der Waals surface area contributed by atoms with E-state index in [-0.39, 0.29) is 6.42 Å². The second kappa shape index (κ2) is 8.87. The van der Waals surface area contributed by atoms with Crippen LogP contribution in [0.4, 0.5) is 14.5 Å². The largest absolute Gasteiger partial charge is 0.368 e. The molecular weight excluding hydrogens is 436 g/mol. The average Bonchev–Trinajstić information content (AvgIpc) is 3.25. The Bertz CT molecular complexity index is 1380. The van der Waals surface area contributed by atoms with Gasteiger partial charge in [-0.2, -0.15) is 5.10 Å². The van der Waals surface area contributed by atoms with Crippen LogP contribution in [0.2, 0.25) is 0 Å². The molecular formula is C26H25F2N5O. The van der Waals surface area contributed by atoms with E-state index in [1.54, 1.807) is 12.1 Å². The summed E-state index contributed by atoms with van der Waals surface area (Å²) in [4.78, 5) is 16.5. The van der Waals surface area contributed by atoms with Crippen molar-refractivity contribution in [2.24, 2.45) is 5.73 Å². The minimum absolute atomic E-state index is 0.247. The Labute approximate surface area is 196 Å². The third-order valence-corrected chi connectivity index (χ3v) is 6.41. The molecule has 5 rings (SSSR count). The number of fused-ring (bicyclic) bond motifs is 1. The second-order valence-electron chi connectivity index (χ2n) is 8.75. The summed E-state index contributed by atoms with van der Waals surface area (Å²) in [5.41, 5.74) is 10.4. The SMILES string of the molecule is CN1CCN(c2ccc(C(N)=O)cc2-c2n[nH]c3ccc(Cc4cc(F)ccc4F)cc23)CC1. The zero-order valence-corrected chi connectivity index (χ0v) is 18.8. The number of carbonyl (C=O) groups excluding carboxylic acids is 1. The zero-order chi connectivity index (χ0) is 23.8. The molecule has 0 saturated carbocycles. The van der Waals surface area contributed by atoms with Crippen molar-refractivity contribution in [3.63, 3.8) is 0 Å². The number of carbonyl (C=O) groups is 1. The van der Waals surface area contributed by atoms with Gasteiger partial charge in [0.25, 0.3) is 0 Å². The number of aromatic amines is 1. The third kappa shape index (κ3) is 4.24. The van der Waals surface area contributed by atoms with Crippen LogP contribution < -0.4 is 10.6 Å². The Kier molecular flexibility index (Phi) is 5.75. The van der Waals surface area contributed by atoms with E-state index in [9.17, 15) is 13.6 Å². The number of rotatable bonds is 5. The quantitative estimate of drug-likeness (QED) is 0.472. The summed E-state index contributed by atoms with van der Waals surface area (Å²) in [6, 6.07) is 14.6. The van der Waals surface area contributed by atoms with Crippen LogP contribution in [0.3, 0.4) is 0 Å². The van der Waals surface area contributed by atoms with E-state index < -0.39 is 17.5 Å². The number of hydrogen-bond acceptors (Lipinski definition) is 4. The van der Waals surface area contributed by atoms with Crippen molar-refractivity contribution in [2.75, 3.05) is 38.1 Å². The number of primary amides is 1. The van der Waals surface area contributed by atoms with Crippen LogP contribution in [0.15, 0.2) is 54.6 Å². The predicted molar refractivity (Wildman–Crippen MR) is 129 cm³/mol. The van der Waals surface area contributed by atoms with Crippen molar-refractivity contribution in [3.8, 4) is 11.3 Å². The molecule has 1 saturated heterocycles. The van der Waals surface area contributed by atoms with Crippen molar-refractivity contribution in [1.29, 1.82) is 0 Å². The molecule has 6 nitrogen and oxygen atoms in total. The van der Waals surface area contributed by atoms with Gasteiger partial charge in [0.1, 0.15) is 17.3 Å². The standard InChI is InChI=1S/C26H25F2N5O/c1-32-8-10-33(11-9-32)24-7-3-17(26(29)34)15-21(24)25-20-13-16(2-6-23(20)30-31-25)12-18-14-19(27)4-5-22(18)28/h2-7,13-15H,8-12H2,1H3,(H2,29,34)(H,30,31). The molecule has 0 unspecified atom stereocenters. The molecule has 1 amide bonds. The van der Waals surface area contributed by atoms with Crippen LogP contribution in [0.1, 0.15) is 21.5 Å². The first-order valence-corrected chi connectivity index (χ1v) is 11.2. The van der Waals surface area contributed by atoms with Gasteiger partial charge in [0.05, 0.1) is 5.52 Å². The number of hydrogen-bond donors (Lipinski definition) is 2. The van der Waals surface area contributed by atoms with E-state index in [0.29, 0.717) is 16.8 Å². The van der Waals surface area contributed by atoms with Gasteiger partial charge in [-0.05, 0) is 66.7 Å². The molecule has 0 spiro atoms. The number of nitrogens with one attached hydrogen (secondary N) is 1. The van der Waals surface area contributed by atoms with Crippen LogP contribution in [0, 0.1) is 11.6 Å². The number of benzene rings is 3. The molecule has 174 valence electrons. The summed E-state index contributed by atoms with van der Waals surface area (Å²) >= 11 is 0. The van der Waals surface area contributed by atoms with E-state index in [1.165, 1.54) is 6.07 Å². The Balaban J connectivity index is 1.59. The van der Waals surface area contributed by atoms with Crippen LogP contribution in [-0.4, -0.2) is 54.2 Å². The van der Waals surface area contributed by atoms with Gasteiger partial charge in [0.2, 0.25) is 5.91 Å². The number of likely N-dealkylation sites (N-methyl/N-ethyl adjacent to an activating group) is 1. The van der Waals surface area contributed by atoms with Crippen LogP contribution in [0.25, 0.3) is 22.2 Å². The maximum Gasteiger partial charge on any atom is 0.248 e. The molecule has 0 aliphatic carbocycles. The Morgan fingerprint density at radius 1 is 1.03 bits per heavy atom. The minimum atomic E-state index is -0.506. The summed E-state index contributed by atoms with van der Waals surface area (Å²) in [7, 11) is 2.10. The number of anilines is 1. The van der Waals surface area contributed by atoms with Gasteiger partial charge in [0, 0.05) is 54.8 Å². The highest BCUT2D eigenvalue weighted by Crippen LogP contribution is 2.36. The first-order valence-electron chi connectivity index (χ1n) is 11.2. The first kappa shape index (κ1) is 22.0. The van der Waals surface area contributed by atoms with E-state index >= 15 is 0 Å². The van der Waals surface area contributed by atoms with Crippen molar-refractivity contribution in [3.05, 3.63) is 82.9 Å². The third-order valence-electron chi connectivity index (χ3n) is 6.41. The molecule has 34 heavy (non-hydrogen) atoms. The van der Waals surface area contributed by atoms with Crippen LogP contribution in [0.5, 0.6) is 0 Å². The summed E-state index contributed by atoms with van der Waals surface area (Å²) in [6.07, 6.45) is 0.247.